The van der Waals surface area contributed by atoms with Crippen LogP contribution >= 0.6 is 11.8 Å². The third kappa shape index (κ3) is 5.76. The van der Waals surface area contributed by atoms with Crippen molar-refractivity contribution < 1.29 is 23.9 Å². The second kappa shape index (κ2) is 10.8. The van der Waals surface area contributed by atoms with E-state index in [2.05, 4.69) is 5.32 Å². The molecule has 152 valence electrons. The molecule has 0 unspecified atom stereocenters. The van der Waals surface area contributed by atoms with Gasteiger partial charge >= 0.3 is 0 Å². The van der Waals surface area contributed by atoms with E-state index >= 15 is 0 Å². The summed E-state index contributed by atoms with van der Waals surface area (Å²) in [5, 5.41) is 2.26. The molecule has 1 saturated heterocycles. The van der Waals surface area contributed by atoms with E-state index < -0.39 is 11.1 Å². The lowest BCUT2D eigenvalue weighted by Crippen LogP contribution is -2.39. The number of benzene rings is 1. The lowest BCUT2D eigenvalue weighted by Gasteiger charge is -2.12. The molecule has 28 heavy (non-hydrogen) atoms. The smallest absolute Gasteiger partial charge is 0.294 e. The molecule has 0 saturated carbocycles. The Hall–Kier alpha value is -2.48. The number of unbranched alkanes of at least 4 members (excludes halogenated alkanes) is 1. The third-order valence-electron chi connectivity index (χ3n) is 3.91. The largest absolute Gasteiger partial charge is 0.494 e. The molecule has 2 rings (SSSR count). The third-order valence-corrected chi connectivity index (χ3v) is 4.82. The van der Waals surface area contributed by atoms with Crippen molar-refractivity contribution in [1.82, 2.24) is 10.2 Å². The topological polar surface area (TPSA) is 84.9 Å². The molecular formula is C20H26N2O5S. The molecule has 8 heteroatoms. The summed E-state index contributed by atoms with van der Waals surface area (Å²) in [4.78, 5) is 38.0. The molecule has 1 fully saturated rings. The van der Waals surface area contributed by atoms with E-state index in [9.17, 15) is 14.4 Å². The van der Waals surface area contributed by atoms with Gasteiger partial charge in [0.1, 0.15) is 18.0 Å². The van der Waals surface area contributed by atoms with Crippen molar-refractivity contribution in [2.24, 2.45) is 0 Å². The number of imide groups is 1. The van der Waals surface area contributed by atoms with E-state index in [0.29, 0.717) is 36.8 Å². The van der Waals surface area contributed by atoms with Crippen molar-refractivity contribution in [3.05, 3.63) is 28.7 Å². The van der Waals surface area contributed by atoms with Crippen LogP contribution in [0.4, 0.5) is 4.79 Å². The summed E-state index contributed by atoms with van der Waals surface area (Å²) in [6.45, 7) is 7.02. The first-order chi connectivity index (χ1) is 13.5. The van der Waals surface area contributed by atoms with Gasteiger partial charge in [-0.3, -0.25) is 19.3 Å². The molecule has 0 radical (unpaired) electrons. The minimum atomic E-state index is -0.475. The van der Waals surface area contributed by atoms with Crippen LogP contribution in [0.25, 0.3) is 6.08 Å². The maximum Gasteiger partial charge on any atom is 0.294 e. The standard InChI is InChI=1S/C20H26N2O5S/c1-4-7-10-21-18(23)13-22-19(24)17(28-20(22)25)11-14-8-9-15(26-5-2)12-16(14)27-6-3/h8-9,11-12H,4-7,10,13H2,1-3H3,(H,21,23)/b17-11-. The number of hydrogen-bond acceptors (Lipinski definition) is 6. The van der Waals surface area contributed by atoms with Crippen molar-refractivity contribution >= 4 is 34.9 Å². The maximum atomic E-state index is 12.6. The average molecular weight is 407 g/mol. The fourth-order valence-electron chi connectivity index (χ4n) is 2.55. The molecule has 7 nitrogen and oxygen atoms in total. The van der Waals surface area contributed by atoms with E-state index in [4.69, 9.17) is 9.47 Å². The summed E-state index contributed by atoms with van der Waals surface area (Å²) in [5.74, 6) is 0.419. The molecule has 0 atom stereocenters. The summed E-state index contributed by atoms with van der Waals surface area (Å²) in [7, 11) is 0. The van der Waals surface area contributed by atoms with Gasteiger partial charge in [-0.1, -0.05) is 13.3 Å². The van der Waals surface area contributed by atoms with Gasteiger partial charge in [-0.2, -0.15) is 0 Å². The molecule has 0 aliphatic carbocycles. The summed E-state index contributed by atoms with van der Waals surface area (Å²) in [5.41, 5.74) is 0.670. The maximum absolute atomic E-state index is 12.6. The first-order valence-corrected chi connectivity index (χ1v) is 10.2. The fourth-order valence-corrected chi connectivity index (χ4v) is 3.38. The number of rotatable bonds is 10. The second-order valence-corrected chi connectivity index (χ2v) is 7.03. The Morgan fingerprint density at radius 1 is 1.18 bits per heavy atom. The molecule has 1 aliphatic rings. The highest BCUT2D eigenvalue weighted by Gasteiger charge is 2.36. The zero-order chi connectivity index (χ0) is 20.5. The van der Waals surface area contributed by atoms with Gasteiger partial charge in [-0.05, 0) is 50.2 Å². The Morgan fingerprint density at radius 2 is 1.93 bits per heavy atom. The Kier molecular flexibility index (Phi) is 8.38. The number of ether oxygens (including phenoxy) is 2. The minimum Gasteiger partial charge on any atom is -0.494 e. The minimum absolute atomic E-state index is 0.261. The Bertz CT molecular complexity index is 763. The zero-order valence-electron chi connectivity index (χ0n) is 16.4. The summed E-state index contributed by atoms with van der Waals surface area (Å²) >= 11 is 0.820. The number of carbonyl (C=O) groups is 3. The van der Waals surface area contributed by atoms with Crippen molar-refractivity contribution in [1.29, 1.82) is 0 Å². The van der Waals surface area contributed by atoms with Gasteiger partial charge in [0.25, 0.3) is 11.1 Å². The molecule has 1 heterocycles. The van der Waals surface area contributed by atoms with Crippen LogP contribution in [0.15, 0.2) is 23.1 Å². The van der Waals surface area contributed by atoms with E-state index in [1.54, 1.807) is 24.3 Å². The van der Waals surface area contributed by atoms with Gasteiger partial charge in [0, 0.05) is 18.2 Å². The highest BCUT2D eigenvalue weighted by molar-refractivity contribution is 8.18. The van der Waals surface area contributed by atoms with Crippen LogP contribution in [0, 0.1) is 0 Å². The van der Waals surface area contributed by atoms with Gasteiger partial charge in [-0.15, -0.1) is 0 Å². The monoisotopic (exact) mass is 406 g/mol. The molecule has 1 aliphatic heterocycles. The number of hydrogen-bond donors (Lipinski definition) is 1. The summed E-state index contributed by atoms with van der Waals surface area (Å²) < 4.78 is 11.1. The highest BCUT2D eigenvalue weighted by atomic mass is 32.2. The lowest BCUT2D eigenvalue weighted by molar-refractivity contribution is -0.129. The van der Waals surface area contributed by atoms with Crippen LogP contribution in [0.5, 0.6) is 11.5 Å². The molecule has 0 spiro atoms. The molecule has 1 aromatic carbocycles. The summed E-state index contributed by atoms with van der Waals surface area (Å²) in [6.07, 6.45) is 3.42. The normalized spacial score (nSPS) is 15.2. The molecule has 1 N–H and O–H groups in total. The number of carbonyl (C=O) groups excluding carboxylic acids is 3. The molecular weight excluding hydrogens is 380 g/mol. The quantitative estimate of drug-likeness (QED) is 0.473. The van der Waals surface area contributed by atoms with Crippen LogP contribution in [-0.4, -0.2) is 48.3 Å². The molecule has 1 aromatic rings. The first kappa shape index (κ1) is 21.8. The van der Waals surface area contributed by atoms with Crippen molar-refractivity contribution in [3.63, 3.8) is 0 Å². The van der Waals surface area contributed by atoms with Crippen LogP contribution in [0.1, 0.15) is 39.2 Å². The zero-order valence-corrected chi connectivity index (χ0v) is 17.3. The SMILES string of the molecule is CCCCNC(=O)CN1C(=O)S/C(=C\c2ccc(OCC)cc2OCC)C1=O. The number of nitrogens with one attached hydrogen (secondary N) is 1. The predicted octanol–water partition coefficient (Wildman–Crippen LogP) is 3.44. The second-order valence-electron chi connectivity index (χ2n) is 6.04. The van der Waals surface area contributed by atoms with E-state index in [-0.39, 0.29) is 17.4 Å². The average Bonchev–Trinajstić information content (AvgIpc) is 2.92. The Morgan fingerprint density at radius 3 is 2.61 bits per heavy atom. The van der Waals surface area contributed by atoms with Crippen LogP contribution in [0.3, 0.4) is 0 Å². The Balaban J connectivity index is 2.15. The molecule has 0 bridgehead atoms. The number of thioether (sulfide) groups is 1. The van der Waals surface area contributed by atoms with Crippen molar-refractivity contribution in [2.75, 3.05) is 26.3 Å². The van der Waals surface area contributed by atoms with Gasteiger partial charge in [0.05, 0.1) is 18.1 Å². The number of nitrogens with zero attached hydrogens (tertiary/aromatic N) is 1. The van der Waals surface area contributed by atoms with Gasteiger partial charge in [0.15, 0.2) is 0 Å². The van der Waals surface area contributed by atoms with Crippen molar-refractivity contribution in [3.8, 4) is 11.5 Å². The molecule has 0 aromatic heterocycles. The van der Waals surface area contributed by atoms with Gasteiger partial charge < -0.3 is 14.8 Å². The van der Waals surface area contributed by atoms with E-state index in [1.807, 2.05) is 20.8 Å². The number of amides is 3. The first-order valence-electron chi connectivity index (χ1n) is 9.41. The van der Waals surface area contributed by atoms with Gasteiger partial charge in [-0.25, -0.2) is 0 Å². The van der Waals surface area contributed by atoms with Crippen LogP contribution in [-0.2, 0) is 9.59 Å². The van der Waals surface area contributed by atoms with Gasteiger partial charge in [0.2, 0.25) is 5.91 Å². The lowest BCUT2D eigenvalue weighted by atomic mass is 10.1. The van der Waals surface area contributed by atoms with Crippen molar-refractivity contribution in [2.45, 2.75) is 33.6 Å². The van der Waals surface area contributed by atoms with Crippen LogP contribution < -0.4 is 14.8 Å². The van der Waals surface area contributed by atoms with E-state index in [0.717, 1.165) is 29.5 Å². The fraction of sp³-hybridized carbons (Fsp3) is 0.450. The molecule has 3 amide bonds. The van der Waals surface area contributed by atoms with E-state index in [1.165, 1.54) is 0 Å². The Labute approximate surface area is 169 Å². The summed E-state index contributed by atoms with van der Waals surface area (Å²) in [6, 6.07) is 5.31. The predicted molar refractivity (Wildman–Crippen MR) is 109 cm³/mol. The van der Waals surface area contributed by atoms with Crippen LogP contribution in [0.2, 0.25) is 0 Å². The highest BCUT2D eigenvalue weighted by Crippen LogP contribution is 2.35.